The van der Waals surface area contributed by atoms with Gasteiger partial charge in [-0.2, -0.15) is 0 Å². The minimum absolute atomic E-state index is 0. The maximum Gasteiger partial charge on any atom is 0.193 e. The molecule has 0 amide bonds. The predicted octanol–water partition coefficient (Wildman–Crippen LogP) is 4.01. The van der Waals surface area contributed by atoms with Gasteiger partial charge < -0.3 is 15.0 Å². The molecule has 26 heavy (non-hydrogen) atoms. The van der Waals surface area contributed by atoms with E-state index in [0.717, 1.165) is 50.8 Å². The van der Waals surface area contributed by atoms with Crippen molar-refractivity contribution in [3.05, 3.63) is 35.4 Å². The fraction of sp³-hybridized carbons (Fsp3) is 0.632. The van der Waals surface area contributed by atoms with Crippen molar-refractivity contribution in [3.63, 3.8) is 0 Å². The number of likely N-dealkylation sites (tertiary alicyclic amines) is 1. The molecule has 0 aromatic heterocycles. The third kappa shape index (κ3) is 6.64. The molecule has 1 aliphatic rings. The topological polar surface area (TPSA) is 36.9 Å². The number of nitrogens with one attached hydrogen (secondary N) is 1. The Bertz CT molecular complexity index is 586. The first-order chi connectivity index (χ1) is 12.0. The van der Waals surface area contributed by atoms with Gasteiger partial charge in [-0.3, -0.25) is 4.99 Å². The van der Waals surface area contributed by atoms with Crippen LogP contribution in [0.2, 0.25) is 0 Å². The van der Waals surface area contributed by atoms with E-state index >= 15 is 0 Å². The van der Waals surface area contributed by atoms with Gasteiger partial charge in [-0.1, -0.05) is 13.0 Å². The molecular formula is C19H30F2IN3O. The third-order valence-electron chi connectivity index (χ3n) is 4.51. The molecule has 1 aromatic carbocycles. The molecule has 0 saturated carbocycles. The molecule has 0 bridgehead atoms. The molecule has 148 valence electrons. The summed E-state index contributed by atoms with van der Waals surface area (Å²) < 4.78 is 32.0. The molecule has 1 aromatic rings. The van der Waals surface area contributed by atoms with Crippen molar-refractivity contribution < 1.29 is 13.5 Å². The largest absolute Gasteiger partial charge is 0.381 e. The van der Waals surface area contributed by atoms with Crippen molar-refractivity contribution in [2.24, 2.45) is 10.9 Å². The van der Waals surface area contributed by atoms with Crippen molar-refractivity contribution in [2.75, 3.05) is 39.4 Å². The number of hydrogen-bond acceptors (Lipinski definition) is 2. The van der Waals surface area contributed by atoms with Crippen LogP contribution in [0.25, 0.3) is 0 Å². The molecule has 0 aliphatic carbocycles. The minimum atomic E-state index is -0.815. The molecule has 1 saturated heterocycles. The van der Waals surface area contributed by atoms with Crippen molar-refractivity contribution >= 4 is 29.9 Å². The van der Waals surface area contributed by atoms with Crippen LogP contribution in [0.15, 0.2) is 23.2 Å². The molecule has 7 heteroatoms. The van der Waals surface area contributed by atoms with Gasteiger partial charge in [0.25, 0.3) is 0 Å². The van der Waals surface area contributed by atoms with Gasteiger partial charge in [0.2, 0.25) is 0 Å². The van der Waals surface area contributed by atoms with Crippen molar-refractivity contribution in [1.82, 2.24) is 10.2 Å². The molecule has 1 heterocycles. The number of guanidine groups is 1. The van der Waals surface area contributed by atoms with Gasteiger partial charge in [-0.05, 0) is 38.0 Å². The lowest BCUT2D eigenvalue weighted by Crippen LogP contribution is -2.40. The van der Waals surface area contributed by atoms with Gasteiger partial charge in [0, 0.05) is 44.6 Å². The van der Waals surface area contributed by atoms with Crippen LogP contribution in [0.5, 0.6) is 0 Å². The van der Waals surface area contributed by atoms with Crippen LogP contribution < -0.4 is 5.32 Å². The average Bonchev–Trinajstić information content (AvgIpc) is 3.07. The van der Waals surface area contributed by atoms with Gasteiger partial charge in [-0.15, -0.1) is 24.0 Å². The fourth-order valence-electron chi connectivity index (χ4n) is 3.02. The Hall–Kier alpha value is -0.960. The second kappa shape index (κ2) is 11.7. The highest BCUT2D eigenvalue weighted by molar-refractivity contribution is 14.0. The van der Waals surface area contributed by atoms with E-state index < -0.39 is 11.6 Å². The van der Waals surface area contributed by atoms with Gasteiger partial charge in [0.1, 0.15) is 0 Å². The lowest BCUT2D eigenvalue weighted by atomic mass is 10.0. The van der Waals surface area contributed by atoms with Crippen molar-refractivity contribution in [2.45, 2.75) is 33.1 Å². The highest BCUT2D eigenvalue weighted by Gasteiger charge is 2.25. The zero-order valence-electron chi connectivity index (χ0n) is 15.8. The van der Waals surface area contributed by atoms with Gasteiger partial charge in [0.15, 0.2) is 17.6 Å². The first-order valence-electron chi connectivity index (χ1n) is 9.11. The van der Waals surface area contributed by atoms with Crippen molar-refractivity contribution in [1.29, 1.82) is 0 Å². The summed E-state index contributed by atoms with van der Waals surface area (Å²) in [6.45, 7) is 10.8. The molecule has 2 rings (SSSR count). The predicted molar refractivity (Wildman–Crippen MR) is 112 cm³/mol. The van der Waals surface area contributed by atoms with Crippen LogP contribution in [-0.2, 0) is 4.74 Å². The fourth-order valence-corrected chi connectivity index (χ4v) is 3.02. The van der Waals surface area contributed by atoms with Gasteiger partial charge in [-0.25, -0.2) is 8.78 Å². The van der Waals surface area contributed by atoms with Crippen LogP contribution in [-0.4, -0.2) is 50.3 Å². The standard InChI is InChI=1S/C19H29F2N3O.HI/c1-4-22-19(24-9-8-15(12-24)13-25-5-2)23-11-14(3)16-6-7-17(20)18(21)10-16;/h6-7,10,14-15H,4-5,8-9,11-13H2,1-3H3,(H,22,23);1H. The van der Waals surface area contributed by atoms with Crippen LogP contribution in [0.1, 0.15) is 38.7 Å². The Labute approximate surface area is 172 Å². The molecule has 1 N–H and O–H groups in total. The van der Waals surface area contributed by atoms with E-state index in [1.807, 2.05) is 20.8 Å². The Morgan fingerprint density at radius 2 is 2.12 bits per heavy atom. The first-order valence-corrected chi connectivity index (χ1v) is 9.11. The van der Waals surface area contributed by atoms with E-state index in [9.17, 15) is 8.78 Å². The molecule has 2 atom stereocenters. The molecule has 0 spiro atoms. The molecule has 2 unspecified atom stereocenters. The maximum absolute atomic E-state index is 13.4. The van der Waals surface area contributed by atoms with Crippen LogP contribution in [0.3, 0.4) is 0 Å². The number of hydrogen-bond donors (Lipinski definition) is 1. The first kappa shape index (κ1) is 23.1. The van der Waals surface area contributed by atoms with Crippen molar-refractivity contribution in [3.8, 4) is 0 Å². The zero-order chi connectivity index (χ0) is 18.2. The second-order valence-electron chi connectivity index (χ2n) is 6.53. The Balaban J connectivity index is 0.00000338. The van der Waals surface area contributed by atoms with E-state index in [1.165, 1.54) is 12.1 Å². The third-order valence-corrected chi connectivity index (χ3v) is 4.51. The zero-order valence-corrected chi connectivity index (χ0v) is 18.1. The number of ether oxygens (including phenoxy) is 1. The summed E-state index contributed by atoms with van der Waals surface area (Å²) in [5.74, 6) is -0.183. The van der Waals surface area contributed by atoms with Gasteiger partial charge in [0.05, 0.1) is 6.61 Å². The van der Waals surface area contributed by atoms with E-state index in [-0.39, 0.29) is 29.9 Å². The highest BCUT2D eigenvalue weighted by Crippen LogP contribution is 2.20. The SMILES string of the molecule is CCNC(=NCC(C)c1ccc(F)c(F)c1)N1CCC(COCC)C1.I. The van der Waals surface area contributed by atoms with Crippen LogP contribution in [0, 0.1) is 17.6 Å². The number of nitrogens with zero attached hydrogens (tertiary/aromatic N) is 2. The number of benzene rings is 1. The van der Waals surface area contributed by atoms with Crippen LogP contribution in [0.4, 0.5) is 8.78 Å². The summed E-state index contributed by atoms with van der Waals surface area (Å²) in [5.41, 5.74) is 0.758. The average molecular weight is 481 g/mol. The normalized spacial score (nSPS) is 18.6. The summed E-state index contributed by atoms with van der Waals surface area (Å²) >= 11 is 0. The number of halogens is 3. The Morgan fingerprint density at radius 1 is 1.35 bits per heavy atom. The summed E-state index contributed by atoms with van der Waals surface area (Å²) in [6, 6.07) is 4.06. The summed E-state index contributed by atoms with van der Waals surface area (Å²) in [5, 5.41) is 3.33. The van der Waals surface area contributed by atoms with E-state index in [4.69, 9.17) is 9.73 Å². The number of rotatable bonds is 7. The lowest BCUT2D eigenvalue weighted by Gasteiger charge is -2.22. The maximum atomic E-state index is 13.4. The Morgan fingerprint density at radius 3 is 2.77 bits per heavy atom. The lowest BCUT2D eigenvalue weighted by molar-refractivity contribution is 0.114. The monoisotopic (exact) mass is 481 g/mol. The highest BCUT2D eigenvalue weighted by atomic mass is 127. The molecule has 0 radical (unpaired) electrons. The molecular weight excluding hydrogens is 451 g/mol. The van der Waals surface area contributed by atoms with E-state index in [2.05, 4.69) is 10.2 Å². The quantitative estimate of drug-likeness (QED) is 0.364. The second-order valence-corrected chi connectivity index (χ2v) is 6.53. The molecule has 1 aliphatic heterocycles. The molecule has 1 fully saturated rings. The summed E-state index contributed by atoms with van der Waals surface area (Å²) in [4.78, 5) is 6.97. The number of aliphatic imine (C=N–C) groups is 1. The minimum Gasteiger partial charge on any atom is -0.381 e. The Kier molecular flexibility index (Phi) is 10.4. The van der Waals surface area contributed by atoms with E-state index in [1.54, 1.807) is 6.07 Å². The van der Waals surface area contributed by atoms with Gasteiger partial charge >= 0.3 is 0 Å². The summed E-state index contributed by atoms with van der Waals surface area (Å²) in [6.07, 6.45) is 1.10. The smallest absolute Gasteiger partial charge is 0.193 e. The van der Waals surface area contributed by atoms with Crippen LogP contribution >= 0.6 is 24.0 Å². The van der Waals surface area contributed by atoms with E-state index in [0.29, 0.717) is 12.5 Å². The molecule has 4 nitrogen and oxygen atoms in total. The summed E-state index contributed by atoms with van der Waals surface area (Å²) in [7, 11) is 0.